The first-order valence-corrected chi connectivity index (χ1v) is 6.09. The van der Waals surface area contributed by atoms with Gasteiger partial charge in [-0.2, -0.15) is 0 Å². The molecule has 0 aromatic rings. The lowest BCUT2D eigenvalue weighted by atomic mass is 10.0. The summed E-state index contributed by atoms with van der Waals surface area (Å²) in [5.74, 6) is -1.40. The maximum absolute atomic E-state index is 11.4. The van der Waals surface area contributed by atoms with Crippen LogP contribution in [-0.4, -0.2) is 43.8 Å². The monoisotopic (exact) mass is 246 g/mol. The summed E-state index contributed by atoms with van der Waals surface area (Å²) >= 11 is 0. The molecule has 0 aromatic heterocycles. The van der Waals surface area contributed by atoms with Gasteiger partial charge < -0.3 is 19.3 Å². The fourth-order valence-corrected chi connectivity index (χ4v) is 1.84. The molecular formula is C12H22O5. The fourth-order valence-electron chi connectivity index (χ4n) is 1.84. The van der Waals surface area contributed by atoms with Crippen LogP contribution in [0, 0.1) is 5.92 Å². The molecule has 0 radical (unpaired) electrons. The SMILES string of the molecule is COC(=O)C1(C)OCC(CCCCCO)CO1. The van der Waals surface area contributed by atoms with Crippen LogP contribution in [0.2, 0.25) is 0 Å². The molecule has 1 fully saturated rings. The third kappa shape index (κ3) is 4.26. The van der Waals surface area contributed by atoms with Gasteiger partial charge in [0.2, 0.25) is 0 Å². The fraction of sp³-hybridized carbons (Fsp3) is 0.917. The van der Waals surface area contributed by atoms with E-state index in [9.17, 15) is 4.79 Å². The molecule has 0 spiro atoms. The second-order valence-corrected chi connectivity index (χ2v) is 4.50. The normalized spacial score (nSPS) is 29.0. The van der Waals surface area contributed by atoms with Crippen LogP contribution in [0.1, 0.15) is 32.6 Å². The molecule has 1 rings (SSSR count). The van der Waals surface area contributed by atoms with Crippen LogP contribution < -0.4 is 0 Å². The van der Waals surface area contributed by atoms with Crippen molar-refractivity contribution in [2.75, 3.05) is 26.9 Å². The van der Waals surface area contributed by atoms with Crippen LogP contribution in [0.15, 0.2) is 0 Å². The lowest BCUT2D eigenvalue weighted by Crippen LogP contribution is -2.48. The third-order valence-corrected chi connectivity index (χ3v) is 3.02. The summed E-state index contributed by atoms with van der Waals surface area (Å²) in [4.78, 5) is 11.4. The quantitative estimate of drug-likeness (QED) is 0.561. The molecule has 0 bridgehead atoms. The van der Waals surface area contributed by atoms with E-state index in [-0.39, 0.29) is 6.61 Å². The number of esters is 1. The Morgan fingerprint density at radius 2 is 2.00 bits per heavy atom. The molecule has 100 valence electrons. The summed E-state index contributed by atoms with van der Waals surface area (Å²) in [6.45, 7) is 2.87. The van der Waals surface area contributed by atoms with Gasteiger partial charge in [-0.3, -0.25) is 0 Å². The van der Waals surface area contributed by atoms with Crippen LogP contribution in [0.5, 0.6) is 0 Å². The van der Waals surface area contributed by atoms with Crippen LogP contribution in [0.3, 0.4) is 0 Å². The molecular weight excluding hydrogens is 224 g/mol. The summed E-state index contributed by atoms with van der Waals surface area (Å²) in [5, 5.41) is 8.66. The van der Waals surface area contributed by atoms with Crippen molar-refractivity contribution in [1.29, 1.82) is 0 Å². The number of carbonyl (C=O) groups excluding carboxylic acids is 1. The second-order valence-electron chi connectivity index (χ2n) is 4.50. The summed E-state index contributed by atoms with van der Waals surface area (Å²) in [7, 11) is 1.32. The first-order valence-electron chi connectivity index (χ1n) is 6.09. The highest BCUT2D eigenvalue weighted by atomic mass is 16.7. The smallest absolute Gasteiger partial charge is 0.366 e. The maximum Gasteiger partial charge on any atom is 0.366 e. The average Bonchev–Trinajstić information content (AvgIpc) is 2.36. The van der Waals surface area contributed by atoms with E-state index >= 15 is 0 Å². The van der Waals surface area contributed by atoms with Crippen LogP contribution >= 0.6 is 0 Å². The van der Waals surface area contributed by atoms with Crippen molar-refractivity contribution in [1.82, 2.24) is 0 Å². The molecule has 0 aromatic carbocycles. The van der Waals surface area contributed by atoms with E-state index in [4.69, 9.17) is 14.6 Å². The van der Waals surface area contributed by atoms with Crippen molar-refractivity contribution in [2.45, 2.75) is 38.4 Å². The molecule has 1 N–H and O–H groups in total. The molecule has 1 saturated heterocycles. The zero-order valence-electron chi connectivity index (χ0n) is 10.6. The lowest BCUT2D eigenvalue weighted by molar-refractivity contribution is -0.272. The topological polar surface area (TPSA) is 65.0 Å². The van der Waals surface area contributed by atoms with Crippen LogP contribution in [0.25, 0.3) is 0 Å². The van der Waals surface area contributed by atoms with E-state index in [1.54, 1.807) is 6.92 Å². The number of hydrogen-bond acceptors (Lipinski definition) is 5. The molecule has 5 nitrogen and oxygen atoms in total. The summed E-state index contributed by atoms with van der Waals surface area (Å²) in [5.41, 5.74) is 0. The van der Waals surface area contributed by atoms with Crippen LogP contribution in [-0.2, 0) is 19.0 Å². The molecule has 0 atom stereocenters. The number of ether oxygens (including phenoxy) is 3. The van der Waals surface area contributed by atoms with E-state index in [1.165, 1.54) is 7.11 Å². The Hall–Kier alpha value is -0.650. The number of methoxy groups -OCH3 is 1. The van der Waals surface area contributed by atoms with Gasteiger partial charge >= 0.3 is 5.97 Å². The van der Waals surface area contributed by atoms with Gasteiger partial charge in [0.05, 0.1) is 20.3 Å². The molecule has 1 aliphatic heterocycles. The average molecular weight is 246 g/mol. The van der Waals surface area contributed by atoms with Gasteiger partial charge in [0.1, 0.15) is 0 Å². The Kier molecular flexibility index (Phi) is 5.88. The number of rotatable bonds is 6. The number of aliphatic hydroxyl groups excluding tert-OH is 1. The van der Waals surface area contributed by atoms with E-state index in [2.05, 4.69) is 4.74 Å². The van der Waals surface area contributed by atoms with Gasteiger partial charge in [-0.15, -0.1) is 0 Å². The highest BCUT2D eigenvalue weighted by Crippen LogP contribution is 2.25. The maximum atomic E-state index is 11.4. The van der Waals surface area contributed by atoms with Crippen molar-refractivity contribution in [3.63, 3.8) is 0 Å². The molecule has 5 heteroatoms. The summed E-state index contributed by atoms with van der Waals surface area (Å²) < 4.78 is 15.5. The molecule has 1 heterocycles. The second kappa shape index (κ2) is 6.93. The van der Waals surface area contributed by atoms with Crippen molar-refractivity contribution < 1.29 is 24.1 Å². The Bertz CT molecular complexity index is 233. The van der Waals surface area contributed by atoms with Gasteiger partial charge in [-0.1, -0.05) is 12.8 Å². The summed E-state index contributed by atoms with van der Waals surface area (Å²) in [6.07, 6.45) is 3.90. The first-order chi connectivity index (χ1) is 8.12. The van der Waals surface area contributed by atoms with Crippen molar-refractivity contribution in [3.8, 4) is 0 Å². The highest BCUT2D eigenvalue weighted by Gasteiger charge is 2.41. The molecule has 0 aliphatic carbocycles. The van der Waals surface area contributed by atoms with Gasteiger partial charge in [0, 0.05) is 19.4 Å². The van der Waals surface area contributed by atoms with Gasteiger partial charge in [-0.05, 0) is 12.8 Å². The Labute approximate surface area is 102 Å². The zero-order chi connectivity index (χ0) is 12.7. The van der Waals surface area contributed by atoms with E-state index in [0.29, 0.717) is 19.1 Å². The number of carbonyl (C=O) groups is 1. The lowest BCUT2D eigenvalue weighted by Gasteiger charge is -2.35. The Morgan fingerprint density at radius 3 is 2.53 bits per heavy atom. The van der Waals surface area contributed by atoms with Crippen LogP contribution in [0.4, 0.5) is 0 Å². The number of unbranched alkanes of at least 4 members (excludes halogenated alkanes) is 2. The molecule has 1 aliphatic rings. The Morgan fingerprint density at radius 1 is 1.35 bits per heavy atom. The van der Waals surface area contributed by atoms with Gasteiger partial charge in [0.25, 0.3) is 5.79 Å². The van der Waals surface area contributed by atoms with Crippen molar-refractivity contribution >= 4 is 5.97 Å². The van der Waals surface area contributed by atoms with Crippen molar-refractivity contribution in [3.05, 3.63) is 0 Å². The van der Waals surface area contributed by atoms with Gasteiger partial charge in [0.15, 0.2) is 0 Å². The van der Waals surface area contributed by atoms with E-state index in [1.807, 2.05) is 0 Å². The Balaban J connectivity index is 2.23. The van der Waals surface area contributed by atoms with E-state index < -0.39 is 11.8 Å². The molecule has 0 amide bonds. The molecule has 17 heavy (non-hydrogen) atoms. The minimum atomic E-state index is -1.24. The van der Waals surface area contributed by atoms with E-state index in [0.717, 1.165) is 25.7 Å². The van der Waals surface area contributed by atoms with Crippen molar-refractivity contribution in [2.24, 2.45) is 5.92 Å². The highest BCUT2D eigenvalue weighted by molar-refractivity contribution is 5.77. The standard InChI is InChI=1S/C12H22O5/c1-12(11(14)15-2)16-8-10(9-17-12)6-4-3-5-7-13/h10,13H,3-9H2,1-2H3. The summed E-state index contributed by atoms with van der Waals surface area (Å²) in [6, 6.07) is 0. The zero-order valence-corrected chi connectivity index (χ0v) is 10.6. The number of aliphatic hydroxyl groups is 1. The molecule has 0 unspecified atom stereocenters. The number of hydrogen-bond donors (Lipinski definition) is 1. The minimum Gasteiger partial charge on any atom is -0.465 e. The molecule has 0 saturated carbocycles. The first kappa shape index (κ1) is 14.4. The minimum absolute atomic E-state index is 0.248. The largest absolute Gasteiger partial charge is 0.465 e. The predicted molar refractivity (Wildman–Crippen MR) is 61.4 cm³/mol. The third-order valence-electron chi connectivity index (χ3n) is 3.02. The van der Waals surface area contributed by atoms with Gasteiger partial charge in [-0.25, -0.2) is 4.79 Å². The predicted octanol–water partition coefficient (Wildman–Crippen LogP) is 1.09.